The van der Waals surface area contributed by atoms with Crippen molar-refractivity contribution >= 4 is 12.0 Å². The van der Waals surface area contributed by atoms with Crippen molar-refractivity contribution in [3.05, 3.63) is 47.1 Å². The number of carbonyl (C=O) groups is 1. The van der Waals surface area contributed by atoms with E-state index >= 15 is 0 Å². The Morgan fingerprint density at radius 1 is 1.32 bits per heavy atom. The number of hydrogen-bond donors (Lipinski definition) is 1. The van der Waals surface area contributed by atoms with Crippen molar-refractivity contribution in [2.75, 3.05) is 0 Å². The quantitative estimate of drug-likeness (QED) is 0.858. The molecule has 5 nitrogen and oxygen atoms in total. The van der Waals surface area contributed by atoms with Crippen LogP contribution in [0.5, 0.6) is 0 Å². The summed E-state index contributed by atoms with van der Waals surface area (Å²) in [7, 11) is 0. The molecule has 0 atom stereocenters. The van der Waals surface area contributed by atoms with Gasteiger partial charge in [0.1, 0.15) is 17.3 Å². The van der Waals surface area contributed by atoms with E-state index in [0.29, 0.717) is 11.7 Å². The highest BCUT2D eigenvalue weighted by molar-refractivity contribution is 5.91. The molecule has 0 saturated carbocycles. The Kier molecular flexibility index (Phi) is 3.85. The Morgan fingerprint density at radius 3 is 2.68 bits per heavy atom. The Labute approximate surface area is 111 Å². The maximum absolute atomic E-state index is 11.6. The largest absolute Gasteiger partial charge is 0.462 e. The van der Waals surface area contributed by atoms with Gasteiger partial charge < -0.3 is 14.2 Å². The van der Waals surface area contributed by atoms with E-state index in [4.69, 9.17) is 8.83 Å². The molecule has 2 aromatic rings. The first-order chi connectivity index (χ1) is 9.04. The summed E-state index contributed by atoms with van der Waals surface area (Å²) in [6, 6.07) is 3.65. The van der Waals surface area contributed by atoms with E-state index in [1.54, 1.807) is 12.1 Å². The molecule has 0 spiro atoms. The molecule has 0 bridgehead atoms. The van der Waals surface area contributed by atoms with Crippen molar-refractivity contribution in [3.8, 4) is 0 Å². The first-order valence-corrected chi connectivity index (χ1v) is 6.00. The summed E-state index contributed by atoms with van der Waals surface area (Å²) in [5, 5.41) is 2.69. The van der Waals surface area contributed by atoms with Gasteiger partial charge in [-0.2, -0.15) is 0 Å². The van der Waals surface area contributed by atoms with Crippen molar-refractivity contribution in [2.24, 2.45) is 0 Å². The number of rotatable bonds is 4. The highest BCUT2D eigenvalue weighted by Crippen LogP contribution is 2.09. The van der Waals surface area contributed by atoms with E-state index < -0.39 is 0 Å². The van der Waals surface area contributed by atoms with Gasteiger partial charge in [-0.25, -0.2) is 4.98 Å². The van der Waals surface area contributed by atoms with Crippen molar-refractivity contribution in [3.63, 3.8) is 0 Å². The number of nitrogens with zero attached hydrogens (tertiary/aromatic N) is 1. The van der Waals surface area contributed by atoms with Crippen LogP contribution in [0.15, 0.2) is 27.0 Å². The van der Waals surface area contributed by atoms with Crippen molar-refractivity contribution in [2.45, 2.75) is 27.3 Å². The molecule has 19 heavy (non-hydrogen) atoms. The van der Waals surface area contributed by atoms with Gasteiger partial charge in [0.25, 0.3) is 0 Å². The number of aromatic nitrogens is 1. The zero-order valence-electron chi connectivity index (χ0n) is 11.2. The molecule has 5 heteroatoms. The zero-order chi connectivity index (χ0) is 13.8. The van der Waals surface area contributed by atoms with Crippen LogP contribution in [0.2, 0.25) is 0 Å². The molecule has 0 unspecified atom stereocenters. The summed E-state index contributed by atoms with van der Waals surface area (Å²) in [6.07, 6.45) is 3.04. The van der Waals surface area contributed by atoms with Gasteiger partial charge in [0, 0.05) is 6.08 Å². The van der Waals surface area contributed by atoms with Crippen LogP contribution in [0.25, 0.3) is 6.08 Å². The normalized spacial score (nSPS) is 11.1. The number of carbonyl (C=O) groups excluding carboxylic acids is 1. The highest BCUT2D eigenvalue weighted by atomic mass is 16.4. The number of amides is 1. The maximum atomic E-state index is 11.6. The standard InChI is InChI=1S/C14H16N2O3/c1-9-4-5-12(18-9)6-7-13(17)15-8-14-16-10(2)11(3)19-14/h4-7H,8H2,1-3H3,(H,15,17)/b7-6+. The van der Waals surface area contributed by atoms with Crippen LogP contribution >= 0.6 is 0 Å². The van der Waals surface area contributed by atoms with Crippen LogP contribution in [0.4, 0.5) is 0 Å². The lowest BCUT2D eigenvalue weighted by molar-refractivity contribution is -0.116. The molecule has 100 valence electrons. The molecule has 0 aliphatic rings. The topological polar surface area (TPSA) is 68.3 Å². The third-order valence-electron chi connectivity index (χ3n) is 2.65. The average Bonchev–Trinajstić information content (AvgIpc) is 2.91. The van der Waals surface area contributed by atoms with Crippen LogP contribution < -0.4 is 5.32 Å². The Hall–Kier alpha value is -2.30. The Morgan fingerprint density at radius 2 is 2.11 bits per heavy atom. The summed E-state index contributed by atoms with van der Waals surface area (Å²) in [5.41, 5.74) is 0.839. The van der Waals surface area contributed by atoms with E-state index in [9.17, 15) is 4.79 Å². The smallest absolute Gasteiger partial charge is 0.244 e. The number of furan rings is 1. The minimum absolute atomic E-state index is 0.220. The molecule has 1 N–H and O–H groups in total. The second-order valence-corrected chi connectivity index (χ2v) is 4.25. The first kappa shape index (κ1) is 13.1. The fraction of sp³-hybridized carbons (Fsp3) is 0.286. The fourth-order valence-corrected chi connectivity index (χ4v) is 1.54. The fourth-order valence-electron chi connectivity index (χ4n) is 1.54. The molecule has 0 radical (unpaired) electrons. The predicted octanol–water partition coefficient (Wildman–Crippen LogP) is 2.52. The van der Waals surface area contributed by atoms with E-state index in [-0.39, 0.29) is 12.5 Å². The molecule has 2 heterocycles. The van der Waals surface area contributed by atoms with E-state index in [0.717, 1.165) is 17.2 Å². The summed E-state index contributed by atoms with van der Waals surface area (Å²) >= 11 is 0. The summed E-state index contributed by atoms with van der Waals surface area (Å²) in [6.45, 7) is 5.83. The molecular formula is C14H16N2O3. The number of nitrogens with one attached hydrogen (secondary N) is 1. The monoisotopic (exact) mass is 260 g/mol. The van der Waals surface area contributed by atoms with Gasteiger partial charge in [0.15, 0.2) is 0 Å². The van der Waals surface area contributed by atoms with Gasteiger partial charge in [-0.3, -0.25) is 4.79 Å². The molecular weight excluding hydrogens is 244 g/mol. The second-order valence-electron chi connectivity index (χ2n) is 4.25. The lowest BCUT2D eigenvalue weighted by Crippen LogP contribution is -2.20. The SMILES string of the molecule is Cc1ccc(/C=C/C(=O)NCc2nc(C)c(C)o2)o1. The number of aryl methyl sites for hydroxylation is 3. The minimum Gasteiger partial charge on any atom is -0.462 e. The van der Waals surface area contributed by atoms with E-state index in [2.05, 4.69) is 10.3 Å². The van der Waals surface area contributed by atoms with E-state index in [1.807, 2.05) is 26.8 Å². The maximum Gasteiger partial charge on any atom is 0.244 e. The third-order valence-corrected chi connectivity index (χ3v) is 2.65. The molecule has 0 aliphatic carbocycles. The van der Waals surface area contributed by atoms with Gasteiger partial charge in [-0.15, -0.1) is 0 Å². The predicted molar refractivity (Wildman–Crippen MR) is 70.3 cm³/mol. The van der Waals surface area contributed by atoms with Gasteiger partial charge in [-0.05, 0) is 39.0 Å². The van der Waals surface area contributed by atoms with Crippen LogP contribution in [0.3, 0.4) is 0 Å². The van der Waals surface area contributed by atoms with Crippen LogP contribution in [-0.4, -0.2) is 10.9 Å². The molecule has 0 aliphatic heterocycles. The number of oxazole rings is 1. The van der Waals surface area contributed by atoms with E-state index in [1.165, 1.54) is 6.08 Å². The molecule has 0 fully saturated rings. The van der Waals surface area contributed by atoms with Gasteiger partial charge in [0.05, 0.1) is 12.2 Å². The molecule has 0 saturated heterocycles. The minimum atomic E-state index is -0.220. The lowest BCUT2D eigenvalue weighted by atomic mass is 10.4. The molecule has 0 aromatic carbocycles. The molecule has 1 amide bonds. The third kappa shape index (κ3) is 3.58. The summed E-state index contributed by atoms with van der Waals surface area (Å²) < 4.78 is 10.7. The average molecular weight is 260 g/mol. The zero-order valence-corrected chi connectivity index (χ0v) is 11.2. The van der Waals surface area contributed by atoms with Crippen LogP contribution in [0, 0.1) is 20.8 Å². The molecule has 2 rings (SSSR count). The highest BCUT2D eigenvalue weighted by Gasteiger charge is 2.06. The second kappa shape index (κ2) is 5.56. The summed E-state index contributed by atoms with van der Waals surface area (Å²) in [4.78, 5) is 15.8. The van der Waals surface area contributed by atoms with Crippen molar-refractivity contribution < 1.29 is 13.6 Å². The van der Waals surface area contributed by atoms with Crippen LogP contribution in [0.1, 0.15) is 28.9 Å². The lowest BCUT2D eigenvalue weighted by Gasteiger charge is -1.96. The Balaban J connectivity index is 1.86. The molecule has 2 aromatic heterocycles. The van der Waals surface area contributed by atoms with Crippen molar-refractivity contribution in [1.82, 2.24) is 10.3 Å². The summed E-state index contributed by atoms with van der Waals surface area (Å²) in [5.74, 6) is 2.51. The van der Waals surface area contributed by atoms with Gasteiger partial charge >= 0.3 is 0 Å². The van der Waals surface area contributed by atoms with Crippen molar-refractivity contribution in [1.29, 1.82) is 0 Å². The first-order valence-electron chi connectivity index (χ1n) is 6.00. The van der Waals surface area contributed by atoms with Crippen LogP contribution in [-0.2, 0) is 11.3 Å². The Bertz CT molecular complexity index is 588. The van der Waals surface area contributed by atoms with Gasteiger partial charge in [-0.1, -0.05) is 0 Å². The number of hydrogen-bond acceptors (Lipinski definition) is 4. The van der Waals surface area contributed by atoms with Gasteiger partial charge in [0.2, 0.25) is 11.8 Å².